The van der Waals surface area contributed by atoms with Crippen molar-refractivity contribution in [1.29, 1.82) is 0 Å². The van der Waals surface area contributed by atoms with Crippen molar-refractivity contribution in [2.24, 2.45) is 0 Å². The van der Waals surface area contributed by atoms with Crippen LogP contribution in [0.25, 0.3) is 5.69 Å². The van der Waals surface area contributed by atoms with Crippen molar-refractivity contribution >= 4 is 22.6 Å². The fraction of sp³-hybridized carbons (Fsp3) is 0.0625. The Balaban J connectivity index is 1.71. The summed E-state index contributed by atoms with van der Waals surface area (Å²) in [5.74, 6) is 0.891. The van der Waals surface area contributed by atoms with E-state index in [1.165, 1.54) is 0 Å². The Morgan fingerprint density at radius 3 is 2.50 bits per heavy atom. The number of halogens is 1. The predicted octanol–water partition coefficient (Wildman–Crippen LogP) is 4.06. The van der Waals surface area contributed by atoms with Gasteiger partial charge in [0.25, 0.3) is 0 Å². The number of hydrogen-bond acceptors (Lipinski definition) is 2. The van der Waals surface area contributed by atoms with Crippen LogP contribution in [0.2, 0.25) is 0 Å². The molecule has 0 aliphatic heterocycles. The molecule has 20 heavy (non-hydrogen) atoms. The van der Waals surface area contributed by atoms with Gasteiger partial charge in [-0.05, 0) is 52.9 Å². The third-order valence-electron chi connectivity index (χ3n) is 2.88. The van der Waals surface area contributed by atoms with Crippen molar-refractivity contribution in [2.75, 3.05) is 0 Å². The summed E-state index contributed by atoms with van der Waals surface area (Å²) in [6, 6.07) is 20.0. The van der Waals surface area contributed by atoms with Crippen molar-refractivity contribution in [2.45, 2.75) is 6.61 Å². The molecule has 0 aliphatic rings. The molecule has 4 heteroatoms. The van der Waals surface area contributed by atoms with Gasteiger partial charge in [0, 0.05) is 6.20 Å². The highest BCUT2D eigenvalue weighted by molar-refractivity contribution is 14.1. The minimum atomic E-state index is 0.472. The molecule has 0 spiro atoms. The Morgan fingerprint density at radius 1 is 0.950 bits per heavy atom. The molecular formula is C16H13IN2O. The maximum Gasteiger partial charge on any atom is 0.133 e. The van der Waals surface area contributed by atoms with Crippen LogP contribution in [-0.4, -0.2) is 9.78 Å². The summed E-state index contributed by atoms with van der Waals surface area (Å²) in [4.78, 5) is 0. The third kappa shape index (κ3) is 3.01. The Hall–Kier alpha value is -1.82. The third-order valence-corrected chi connectivity index (χ3v) is 3.77. The molecule has 3 aromatic rings. The van der Waals surface area contributed by atoms with Crippen molar-refractivity contribution in [3.63, 3.8) is 0 Å². The number of rotatable bonds is 4. The van der Waals surface area contributed by atoms with E-state index in [9.17, 15) is 0 Å². The van der Waals surface area contributed by atoms with E-state index in [4.69, 9.17) is 4.74 Å². The topological polar surface area (TPSA) is 27.1 Å². The molecule has 0 aliphatic carbocycles. The molecule has 100 valence electrons. The van der Waals surface area contributed by atoms with E-state index in [0.717, 1.165) is 20.7 Å². The van der Waals surface area contributed by atoms with Crippen molar-refractivity contribution in [3.05, 3.63) is 76.1 Å². The molecule has 3 nitrogen and oxygen atoms in total. The van der Waals surface area contributed by atoms with Gasteiger partial charge in [0.05, 0.1) is 9.26 Å². The fourth-order valence-corrected chi connectivity index (χ4v) is 2.42. The monoisotopic (exact) mass is 376 g/mol. The van der Waals surface area contributed by atoms with Crippen LogP contribution in [0.1, 0.15) is 5.69 Å². The van der Waals surface area contributed by atoms with Crippen LogP contribution in [0.4, 0.5) is 0 Å². The molecule has 0 N–H and O–H groups in total. The SMILES string of the molecule is Ic1ccccc1OCc1ccn(-c2ccccc2)n1. The van der Waals surface area contributed by atoms with Crippen LogP contribution in [-0.2, 0) is 6.61 Å². The summed E-state index contributed by atoms with van der Waals surface area (Å²) in [7, 11) is 0. The summed E-state index contributed by atoms with van der Waals surface area (Å²) in [5.41, 5.74) is 1.96. The highest BCUT2D eigenvalue weighted by Gasteiger charge is 2.03. The van der Waals surface area contributed by atoms with Crippen LogP contribution >= 0.6 is 22.6 Å². The van der Waals surface area contributed by atoms with Crippen molar-refractivity contribution < 1.29 is 4.74 Å². The fourth-order valence-electron chi connectivity index (χ4n) is 1.88. The highest BCUT2D eigenvalue weighted by Crippen LogP contribution is 2.20. The molecule has 2 aromatic carbocycles. The van der Waals surface area contributed by atoms with Gasteiger partial charge in [0.2, 0.25) is 0 Å². The maximum absolute atomic E-state index is 5.79. The molecule has 3 rings (SSSR count). The number of aromatic nitrogens is 2. The van der Waals surface area contributed by atoms with Gasteiger partial charge >= 0.3 is 0 Å². The van der Waals surface area contributed by atoms with Crippen molar-refractivity contribution in [3.8, 4) is 11.4 Å². The number of ether oxygens (including phenoxy) is 1. The zero-order valence-corrected chi connectivity index (χ0v) is 12.9. The van der Waals surface area contributed by atoms with Crippen LogP contribution in [0, 0.1) is 3.57 Å². The molecule has 0 bridgehead atoms. The summed E-state index contributed by atoms with van der Waals surface area (Å²) in [5, 5.41) is 4.51. The molecule has 0 unspecified atom stereocenters. The minimum absolute atomic E-state index is 0.472. The standard InChI is InChI=1S/C16H13IN2O/c17-15-8-4-5-9-16(15)20-12-13-10-11-19(18-13)14-6-2-1-3-7-14/h1-11H,12H2. The molecule has 1 aromatic heterocycles. The summed E-state index contributed by atoms with van der Waals surface area (Å²) in [6.45, 7) is 0.472. The normalized spacial score (nSPS) is 10.4. The van der Waals surface area contributed by atoms with E-state index >= 15 is 0 Å². The maximum atomic E-state index is 5.79. The average molecular weight is 376 g/mol. The van der Waals surface area contributed by atoms with E-state index in [2.05, 4.69) is 27.7 Å². The molecule has 0 saturated heterocycles. The molecule has 0 radical (unpaired) electrons. The Morgan fingerprint density at radius 2 is 1.70 bits per heavy atom. The van der Waals surface area contributed by atoms with Crippen LogP contribution < -0.4 is 4.74 Å². The smallest absolute Gasteiger partial charge is 0.133 e. The number of para-hydroxylation sites is 2. The quantitative estimate of drug-likeness (QED) is 0.643. The highest BCUT2D eigenvalue weighted by atomic mass is 127. The molecule has 0 fully saturated rings. The average Bonchev–Trinajstić information content (AvgIpc) is 2.96. The largest absolute Gasteiger partial charge is 0.486 e. The summed E-state index contributed by atoms with van der Waals surface area (Å²) >= 11 is 2.27. The minimum Gasteiger partial charge on any atom is -0.486 e. The van der Waals surface area contributed by atoms with Crippen molar-refractivity contribution in [1.82, 2.24) is 9.78 Å². The van der Waals surface area contributed by atoms with Gasteiger partial charge in [-0.2, -0.15) is 5.10 Å². The summed E-state index contributed by atoms with van der Waals surface area (Å²) in [6.07, 6.45) is 1.95. The lowest BCUT2D eigenvalue weighted by atomic mass is 10.3. The van der Waals surface area contributed by atoms with Gasteiger partial charge in [-0.15, -0.1) is 0 Å². The molecular weight excluding hydrogens is 363 g/mol. The van der Waals surface area contributed by atoms with Gasteiger partial charge in [-0.25, -0.2) is 4.68 Å². The first-order valence-electron chi connectivity index (χ1n) is 6.30. The molecule has 1 heterocycles. The summed E-state index contributed by atoms with van der Waals surface area (Å²) < 4.78 is 8.75. The van der Waals surface area contributed by atoms with E-state index in [1.807, 2.05) is 71.5 Å². The van der Waals surface area contributed by atoms with Gasteiger partial charge in [-0.1, -0.05) is 30.3 Å². The van der Waals surface area contributed by atoms with Crippen LogP contribution in [0.5, 0.6) is 5.75 Å². The van der Waals surface area contributed by atoms with Gasteiger partial charge in [-0.3, -0.25) is 0 Å². The van der Waals surface area contributed by atoms with Gasteiger partial charge < -0.3 is 4.74 Å². The number of nitrogens with zero attached hydrogens (tertiary/aromatic N) is 2. The number of benzene rings is 2. The van der Waals surface area contributed by atoms with E-state index in [-0.39, 0.29) is 0 Å². The lowest BCUT2D eigenvalue weighted by molar-refractivity contribution is 0.298. The lowest BCUT2D eigenvalue weighted by Gasteiger charge is -2.06. The first-order valence-corrected chi connectivity index (χ1v) is 7.38. The first-order chi connectivity index (χ1) is 9.83. The van der Waals surface area contributed by atoms with Gasteiger partial charge in [0.1, 0.15) is 18.1 Å². The predicted molar refractivity (Wildman–Crippen MR) is 87.1 cm³/mol. The molecule has 0 amide bonds. The zero-order valence-electron chi connectivity index (χ0n) is 10.7. The first kappa shape index (κ1) is 13.2. The second kappa shape index (κ2) is 6.09. The second-order valence-electron chi connectivity index (χ2n) is 4.31. The lowest BCUT2D eigenvalue weighted by Crippen LogP contribution is -2.00. The van der Waals surface area contributed by atoms with E-state index in [1.54, 1.807) is 0 Å². The number of hydrogen-bond donors (Lipinski definition) is 0. The second-order valence-corrected chi connectivity index (χ2v) is 5.47. The van der Waals surface area contributed by atoms with Crippen LogP contribution in [0.3, 0.4) is 0 Å². The Bertz CT molecular complexity index is 694. The Kier molecular flexibility index (Phi) is 4.01. The van der Waals surface area contributed by atoms with E-state index < -0.39 is 0 Å². The Labute approximate surface area is 131 Å². The molecule has 0 atom stereocenters. The van der Waals surface area contributed by atoms with Gasteiger partial charge in [0.15, 0.2) is 0 Å². The van der Waals surface area contributed by atoms with E-state index in [0.29, 0.717) is 6.61 Å². The zero-order chi connectivity index (χ0) is 13.8. The van der Waals surface area contributed by atoms with Crippen LogP contribution in [0.15, 0.2) is 66.9 Å². The molecule has 0 saturated carbocycles.